The minimum absolute atomic E-state index is 0.0266. The van der Waals surface area contributed by atoms with Crippen molar-refractivity contribution in [3.8, 4) is 5.75 Å². The summed E-state index contributed by atoms with van der Waals surface area (Å²) in [7, 11) is 0. The van der Waals surface area contributed by atoms with E-state index in [1.807, 2.05) is 12.2 Å². The minimum Gasteiger partial charge on any atom is -0.508 e. The van der Waals surface area contributed by atoms with Crippen LogP contribution >= 0.6 is 0 Å². The van der Waals surface area contributed by atoms with Crippen molar-refractivity contribution in [1.29, 1.82) is 0 Å². The molecule has 1 aromatic carbocycles. The molecule has 1 amide bonds. The van der Waals surface area contributed by atoms with Gasteiger partial charge in [-0.1, -0.05) is 18.2 Å². The molecule has 16 heavy (non-hydrogen) atoms. The molecule has 0 spiro atoms. The van der Waals surface area contributed by atoms with Gasteiger partial charge in [-0.25, -0.2) is 0 Å². The summed E-state index contributed by atoms with van der Waals surface area (Å²) >= 11 is 0. The second-order valence-electron chi connectivity index (χ2n) is 4.08. The van der Waals surface area contributed by atoms with Gasteiger partial charge in [-0.3, -0.25) is 4.79 Å². The number of rotatable bonds is 2. The summed E-state index contributed by atoms with van der Waals surface area (Å²) in [5.41, 5.74) is 1.40. The molecule has 84 valence electrons. The van der Waals surface area contributed by atoms with Crippen LogP contribution in [0.15, 0.2) is 30.4 Å². The average molecular weight is 217 g/mol. The molecule has 0 unspecified atom stereocenters. The molecule has 2 N–H and O–H groups in total. The van der Waals surface area contributed by atoms with Crippen molar-refractivity contribution in [2.24, 2.45) is 5.92 Å². The number of benzene rings is 1. The Morgan fingerprint density at radius 1 is 1.38 bits per heavy atom. The molecular formula is C13H15NO2. The summed E-state index contributed by atoms with van der Waals surface area (Å²) < 4.78 is 0. The maximum absolute atomic E-state index is 11.8. The SMILES string of the molecule is Cc1c(O)cccc1NC(=O)C1CC=CC1. The van der Waals surface area contributed by atoms with Crippen LogP contribution in [0.4, 0.5) is 5.69 Å². The van der Waals surface area contributed by atoms with E-state index >= 15 is 0 Å². The van der Waals surface area contributed by atoms with Gasteiger partial charge < -0.3 is 10.4 Å². The third-order valence-electron chi connectivity index (χ3n) is 2.94. The lowest BCUT2D eigenvalue weighted by atomic mass is 10.1. The number of allylic oxidation sites excluding steroid dienone is 2. The quantitative estimate of drug-likeness (QED) is 0.748. The van der Waals surface area contributed by atoms with Gasteiger partial charge in [-0.05, 0) is 31.9 Å². The molecule has 0 saturated carbocycles. The molecule has 3 heteroatoms. The van der Waals surface area contributed by atoms with Crippen molar-refractivity contribution in [3.05, 3.63) is 35.9 Å². The van der Waals surface area contributed by atoms with Crippen molar-refractivity contribution in [3.63, 3.8) is 0 Å². The molecule has 0 atom stereocenters. The number of hydrogen-bond donors (Lipinski definition) is 2. The van der Waals surface area contributed by atoms with E-state index in [0.29, 0.717) is 11.3 Å². The molecule has 0 aromatic heterocycles. The molecule has 2 rings (SSSR count). The van der Waals surface area contributed by atoms with E-state index in [9.17, 15) is 9.90 Å². The Morgan fingerprint density at radius 2 is 2.06 bits per heavy atom. The zero-order chi connectivity index (χ0) is 11.5. The Kier molecular flexibility index (Phi) is 2.95. The fourth-order valence-electron chi connectivity index (χ4n) is 1.82. The first-order valence-electron chi connectivity index (χ1n) is 5.43. The topological polar surface area (TPSA) is 49.3 Å². The van der Waals surface area contributed by atoms with Crippen LogP contribution in [0.3, 0.4) is 0 Å². The predicted molar refractivity (Wildman–Crippen MR) is 63.3 cm³/mol. The zero-order valence-corrected chi connectivity index (χ0v) is 9.23. The molecule has 0 bridgehead atoms. The Bertz CT molecular complexity index is 430. The molecule has 0 fully saturated rings. The lowest BCUT2D eigenvalue weighted by Crippen LogP contribution is -2.20. The lowest BCUT2D eigenvalue weighted by molar-refractivity contribution is -0.119. The van der Waals surface area contributed by atoms with E-state index < -0.39 is 0 Å². The van der Waals surface area contributed by atoms with E-state index in [2.05, 4.69) is 5.32 Å². The minimum atomic E-state index is 0.0266. The van der Waals surface area contributed by atoms with Crippen LogP contribution < -0.4 is 5.32 Å². The van der Waals surface area contributed by atoms with Crippen molar-refractivity contribution < 1.29 is 9.90 Å². The first kappa shape index (κ1) is 10.7. The number of amides is 1. The molecule has 0 radical (unpaired) electrons. The van der Waals surface area contributed by atoms with Crippen LogP contribution in [0.2, 0.25) is 0 Å². The molecule has 0 aliphatic heterocycles. The van der Waals surface area contributed by atoms with Gasteiger partial charge in [0.2, 0.25) is 5.91 Å². The Morgan fingerprint density at radius 3 is 2.75 bits per heavy atom. The summed E-state index contributed by atoms with van der Waals surface area (Å²) in [6.07, 6.45) is 5.67. The fourth-order valence-corrected chi connectivity index (χ4v) is 1.82. The first-order valence-corrected chi connectivity index (χ1v) is 5.43. The van der Waals surface area contributed by atoms with E-state index in [-0.39, 0.29) is 17.6 Å². The average Bonchev–Trinajstić information content (AvgIpc) is 2.78. The number of carbonyl (C=O) groups is 1. The van der Waals surface area contributed by atoms with E-state index in [0.717, 1.165) is 12.8 Å². The largest absolute Gasteiger partial charge is 0.508 e. The summed E-state index contributed by atoms with van der Waals surface area (Å²) in [4.78, 5) is 11.8. The number of anilines is 1. The zero-order valence-electron chi connectivity index (χ0n) is 9.23. The van der Waals surface area contributed by atoms with Gasteiger partial charge in [0.15, 0.2) is 0 Å². The number of hydrogen-bond acceptors (Lipinski definition) is 2. The van der Waals surface area contributed by atoms with Crippen LogP contribution in [0.25, 0.3) is 0 Å². The van der Waals surface area contributed by atoms with E-state index in [1.165, 1.54) is 0 Å². The van der Waals surface area contributed by atoms with Crippen molar-refractivity contribution in [1.82, 2.24) is 0 Å². The predicted octanol–water partition coefficient (Wildman–Crippen LogP) is 2.61. The van der Waals surface area contributed by atoms with E-state index in [1.54, 1.807) is 25.1 Å². The second kappa shape index (κ2) is 4.39. The molecule has 0 heterocycles. The highest BCUT2D eigenvalue weighted by Crippen LogP contribution is 2.26. The Labute approximate surface area is 94.8 Å². The molecule has 1 aromatic rings. The van der Waals surface area contributed by atoms with Crippen molar-refractivity contribution in [2.75, 3.05) is 5.32 Å². The monoisotopic (exact) mass is 217 g/mol. The Balaban J connectivity index is 2.09. The van der Waals surface area contributed by atoms with Gasteiger partial charge in [-0.15, -0.1) is 0 Å². The van der Waals surface area contributed by atoms with Gasteiger partial charge >= 0.3 is 0 Å². The lowest BCUT2D eigenvalue weighted by Gasteiger charge is -2.12. The fraction of sp³-hybridized carbons (Fsp3) is 0.308. The highest BCUT2D eigenvalue weighted by atomic mass is 16.3. The molecule has 1 aliphatic carbocycles. The molecular weight excluding hydrogens is 202 g/mol. The highest BCUT2D eigenvalue weighted by Gasteiger charge is 2.19. The number of carbonyl (C=O) groups excluding carboxylic acids is 1. The van der Waals surface area contributed by atoms with Crippen LogP contribution in [-0.4, -0.2) is 11.0 Å². The molecule has 1 aliphatic rings. The van der Waals surface area contributed by atoms with Crippen LogP contribution in [0, 0.1) is 12.8 Å². The van der Waals surface area contributed by atoms with Gasteiger partial charge in [0.05, 0.1) is 0 Å². The number of phenols is 1. The van der Waals surface area contributed by atoms with Crippen LogP contribution in [0.1, 0.15) is 18.4 Å². The van der Waals surface area contributed by atoms with Gasteiger partial charge in [0.1, 0.15) is 5.75 Å². The third kappa shape index (κ3) is 2.08. The molecule has 0 saturated heterocycles. The highest BCUT2D eigenvalue weighted by molar-refractivity contribution is 5.94. The maximum atomic E-state index is 11.8. The van der Waals surface area contributed by atoms with Gasteiger partial charge in [0.25, 0.3) is 0 Å². The number of phenolic OH excluding ortho intramolecular Hbond substituents is 1. The number of nitrogens with one attached hydrogen (secondary N) is 1. The van der Waals surface area contributed by atoms with Crippen molar-refractivity contribution >= 4 is 11.6 Å². The van der Waals surface area contributed by atoms with Crippen LogP contribution in [-0.2, 0) is 4.79 Å². The summed E-state index contributed by atoms with van der Waals surface area (Å²) in [6, 6.07) is 5.14. The maximum Gasteiger partial charge on any atom is 0.228 e. The summed E-state index contributed by atoms with van der Waals surface area (Å²) in [5, 5.41) is 12.4. The standard InChI is InChI=1S/C13H15NO2/c1-9-11(7-4-8-12(9)15)14-13(16)10-5-2-3-6-10/h2-4,7-8,10,15H,5-6H2,1H3,(H,14,16). The first-order chi connectivity index (χ1) is 7.68. The van der Waals surface area contributed by atoms with Gasteiger partial charge in [0, 0.05) is 17.2 Å². The van der Waals surface area contributed by atoms with E-state index in [4.69, 9.17) is 0 Å². The second-order valence-corrected chi connectivity index (χ2v) is 4.08. The van der Waals surface area contributed by atoms with Gasteiger partial charge in [-0.2, -0.15) is 0 Å². The summed E-state index contributed by atoms with van der Waals surface area (Å²) in [5.74, 6) is 0.280. The smallest absolute Gasteiger partial charge is 0.228 e. The molecule has 3 nitrogen and oxygen atoms in total. The summed E-state index contributed by atoms with van der Waals surface area (Å²) in [6.45, 7) is 1.79. The number of aromatic hydroxyl groups is 1. The Hall–Kier alpha value is -1.77. The normalized spacial score (nSPS) is 15.3. The van der Waals surface area contributed by atoms with Crippen LogP contribution in [0.5, 0.6) is 5.75 Å². The third-order valence-corrected chi connectivity index (χ3v) is 2.94. The van der Waals surface area contributed by atoms with Crippen molar-refractivity contribution in [2.45, 2.75) is 19.8 Å².